The Kier molecular flexibility index (Phi) is 4.75. The van der Waals surface area contributed by atoms with Gasteiger partial charge >= 0.3 is 12.0 Å². The van der Waals surface area contributed by atoms with Crippen molar-refractivity contribution in [3.63, 3.8) is 0 Å². The molecule has 2 N–H and O–H groups in total. The number of aromatic nitrogens is 2. The number of urea groups is 1. The zero-order valence-corrected chi connectivity index (χ0v) is 15.6. The van der Waals surface area contributed by atoms with Crippen LogP contribution in [0.1, 0.15) is 50.5 Å². The molecule has 1 aromatic rings. The van der Waals surface area contributed by atoms with Crippen molar-refractivity contribution >= 4 is 17.7 Å². The van der Waals surface area contributed by atoms with Crippen LogP contribution in [0.5, 0.6) is 0 Å². The van der Waals surface area contributed by atoms with Gasteiger partial charge in [-0.05, 0) is 58.8 Å². The predicted octanol–water partition coefficient (Wildman–Crippen LogP) is 2.79. The van der Waals surface area contributed by atoms with E-state index in [2.05, 4.69) is 29.6 Å². The van der Waals surface area contributed by atoms with Crippen LogP contribution in [0.15, 0.2) is 0 Å². The fraction of sp³-hybridized carbons (Fsp3) is 0.722. The van der Waals surface area contributed by atoms with Crippen LogP contribution < -0.4 is 10.6 Å². The van der Waals surface area contributed by atoms with E-state index in [-0.39, 0.29) is 30.0 Å². The van der Waals surface area contributed by atoms with Gasteiger partial charge in [0.2, 0.25) is 0 Å². The molecule has 7 nitrogen and oxygen atoms in total. The molecule has 2 saturated carbocycles. The number of carbonyl (C=O) groups excluding carboxylic acids is 2. The van der Waals surface area contributed by atoms with E-state index in [0.29, 0.717) is 11.8 Å². The Bertz CT molecular complexity index is 682. The van der Waals surface area contributed by atoms with Gasteiger partial charge in [-0.1, -0.05) is 0 Å². The highest BCUT2D eigenvalue weighted by molar-refractivity contribution is 5.91. The summed E-state index contributed by atoms with van der Waals surface area (Å²) in [6.07, 6.45) is 3.10. The third-order valence-electron chi connectivity index (χ3n) is 5.74. The van der Waals surface area contributed by atoms with E-state index in [1.165, 1.54) is 7.11 Å². The highest BCUT2D eigenvalue weighted by Gasteiger charge is 2.52. The average molecular weight is 348 g/mol. The standard InChI is InChI=1S/C18H28N4O3/c1-9(2)22-11(4)15(10(3)21-22)19-18(24)20-16-13-7-6-12(8-13)14(16)17(23)25-5/h9,12-14,16H,6-8H2,1-5H3,(H2,19,20,24)/t12-,13-,14-,16+/m0/s1. The molecule has 138 valence electrons. The molecule has 2 amide bonds. The van der Waals surface area contributed by atoms with Crippen LogP contribution in [0, 0.1) is 31.6 Å². The number of fused-ring (bicyclic) bond motifs is 2. The van der Waals surface area contributed by atoms with Gasteiger partial charge in [-0.2, -0.15) is 5.10 Å². The lowest BCUT2D eigenvalue weighted by atomic mass is 9.84. The number of methoxy groups -OCH3 is 1. The number of nitrogens with one attached hydrogen (secondary N) is 2. The molecule has 1 heterocycles. The van der Waals surface area contributed by atoms with Crippen LogP contribution >= 0.6 is 0 Å². The van der Waals surface area contributed by atoms with Crippen LogP contribution in [0.25, 0.3) is 0 Å². The summed E-state index contributed by atoms with van der Waals surface area (Å²) in [6.45, 7) is 7.94. The maximum Gasteiger partial charge on any atom is 0.319 e. The number of carbonyl (C=O) groups is 2. The SMILES string of the molecule is COC(=O)[C@H]1[C@H]2CC[C@@H](C2)[C@H]1NC(=O)Nc1c(C)nn(C(C)C)c1C. The molecule has 2 aliphatic rings. The molecular formula is C18H28N4O3. The van der Waals surface area contributed by atoms with Crippen molar-refractivity contribution in [1.82, 2.24) is 15.1 Å². The Morgan fingerprint density at radius 1 is 1.24 bits per heavy atom. The van der Waals surface area contributed by atoms with Crippen molar-refractivity contribution < 1.29 is 14.3 Å². The lowest BCUT2D eigenvalue weighted by Crippen LogP contribution is -2.48. The summed E-state index contributed by atoms with van der Waals surface area (Å²) in [5, 5.41) is 10.5. The van der Waals surface area contributed by atoms with Crippen LogP contribution in [0.3, 0.4) is 0 Å². The molecular weight excluding hydrogens is 320 g/mol. The summed E-state index contributed by atoms with van der Waals surface area (Å²) in [6, 6.07) is -0.195. The molecule has 0 unspecified atom stereocenters. The predicted molar refractivity (Wildman–Crippen MR) is 94.4 cm³/mol. The Morgan fingerprint density at radius 3 is 2.52 bits per heavy atom. The van der Waals surface area contributed by atoms with Gasteiger partial charge in [0, 0.05) is 12.1 Å². The van der Waals surface area contributed by atoms with Crippen molar-refractivity contribution in [2.75, 3.05) is 12.4 Å². The van der Waals surface area contributed by atoms with Crippen molar-refractivity contribution in [1.29, 1.82) is 0 Å². The van der Waals surface area contributed by atoms with Gasteiger partial charge < -0.3 is 15.4 Å². The van der Waals surface area contributed by atoms with Gasteiger partial charge in [-0.25, -0.2) is 4.79 Å². The van der Waals surface area contributed by atoms with Gasteiger partial charge in [0.25, 0.3) is 0 Å². The second-order valence-corrected chi connectivity index (χ2v) is 7.59. The lowest BCUT2D eigenvalue weighted by molar-refractivity contribution is -0.148. The summed E-state index contributed by atoms with van der Waals surface area (Å²) in [5.41, 5.74) is 2.46. The molecule has 0 spiro atoms. The van der Waals surface area contributed by atoms with E-state index in [1.54, 1.807) is 0 Å². The third-order valence-corrected chi connectivity index (χ3v) is 5.74. The minimum Gasteiger partial charge on any atom is -0.469 e. The molecule has 0 saturated heterocycles. The molecule has 2 fully saturated rings. The number of hydrogen-bond acceptors (Lipinski definition) is 4. The highest BCUT2D eigenvalue weighted by atomic mass is 16.5. The van der Waals surface area contributed by atoms with Gasteiger partial charge in [0.1, 0.15) is 0 Å². The number of anilines is 1. The van der Waals surface area contributed by atoms with Crippen molar-refractivity contribution in [2.24, 2.45) is 17.8 Å². The minimum absolute atomic E-state index is 0.146. The maximum absolute atomic E-state index is 12.6. The average Bonchev–Trinajstić information content (AvgIpc) is 3.23. The number of nitrogens with zero attached hydrogens (tertiary/aromatic N) is 2. The number of aryl methyl sites for hydroxylation is 1. The topological polar surface area (TPSA) is 85.2 Å². The molecule has 1 aromatic heterocycles. The smallest absolute Gasteiger partial charge is 0.319 e. The second kappa shape index (κ2) is 6.69. The second-order valence-electron chi connectivity index (χ2n) is 7.59. The number of esters is 1. The summed E-state index contributed by atoms with van der Waals surface area (Å²) < 4.78 is 6.86. The largest absolute Gasteiger partial charge is 0.469 e. The molecule has 2 bridgehead atoms. The number of rotatable bonds is 4. The molecule has 0 aromatic carbocycles. The molecule has 2 aliphatic carbocycles. The molecule has 7 heteroatoms. The molecule has 4 atom stereocenters. The van der Waals surface area contributed by atoms with Crippen molar-refractivity contribution in [3.8, 4) is 0 Å². The normalized spacial score (nSPS) is 27.6. The first-order valence-electron chi connectivity index (χ1n) is 9.04. The lowest BCUT2D eigenvalue weighted by Gasteiger charge is -2.29. The first kappa shape index (κ1) is 17.8. The van der Waals surface area contributed by atoms with Crippen LogP contribution in [-0.4, -0.2) is 34.9 Å². The summed E-state index contributed by atoms with van der Waals surface area (Å²) in [5.74, 6) is 0.253. The molecule has 25 heavy (non-hydrogen) atoms. The van der Waals surface area contributed by atoms with E-state index >= 15 is 0 Å². The fourth-order valence-electron chi connectivity index (χ4n) is 4.62. The number of ether oxygens (including phenoxy) is 1. The molecule has 0 radical (unpaired) electrons. The Labute approximate surface area is 148 Å². The van der Waals surface area contributed by atoms with Crippen LogP contribution in [0.2, 0.25) is 0 Å². The van der Waals surface area contributed by atoms with Gasteiger partial charge in [-0.15, -0.1) is 0 Å². The zero-order chi connectivity index (χ0) is 18.3. The fourth-order valence-corrected chi connectivity index (χ4v) is 4.62. The number of amides is 2. The van der Waals surface area contributed by atoms with Gasteiger partial charge in [-0.3, -0.25) is 9.48 Å². The van der Waals surface area contributed by atoms with Crippen LogP contribution in [-0.2, 0) is 9.53 Å². The van der Waals surface area contributed by atoms with Gasteiger partial charge in [0.05, 0.1) is 30.1 Å². The maximum atomic E-state index is 12.6. The summed E-state index contributed by atoms with van der Waals surface area (Å²) in [4.78, 5) is 24.7. The zero-order valence-electron chi connectivity index (χ0n) is 15.6. The van der Waals surface area contributed by atoms with E-state index in [1.807, 2.05) is 18.5 Å². The van der Waals surface area contributed by atoms with E-state index in [4.69, 9.17) is 4.74 Å². The monoisotopic (exact) mass is 348 g/mol. The Hall–Kier alpha value is -2.05. The summed E-state index contributed by atoms with van der Waals surface area (Å²) in [7, 11) is 1.42. The van der Waals surface area contributed by atoms with E-state index < -0.39 is 0 Å². The Balaban J connectivity index is 1.72. The first-order chi connectivity index (χ1) is 11.8. The molecule has 3 rings (SSSR count). The van der Waals surface area contributed by atoms with Crippen LogP contribution in [0.4, 0.5) is 10.5 Å². The summed E-state index contributed by atoms with van der Waals surface area (Å²) >= 11 is 0. The quantitative estimate of drug-likeness (QED) is 0.819. The highest BCUT2D eigenvalue weighted by Crippen LogP contribution is 2.48. The first-order valence-corrected chi connectivity index (χ1v) is 9.04. The van der Waals surface area contributed by atoms with Gasteiger partial charge in [0.15, 0.2) is 0 Å². The van der Waals surface area contributed by atoms with Crippen molar-refractivity contribution in [3.05, 3.63) is 11.4 Å². The number of hydrogen-bond donors (Lipinski definition) is 2. The third kappa shape index (κ3) is 3.12. The Morgan fingerprint density at radius 2 is 1.92 bits per heavy atom. The van der Waals surface area contributed by atoms with E-state index in [0.717, 1.165) is 36.3 Å². The van der Waals surface area contributed by atoms with E-state index in [9.17, 15) is 9.59 Å². The molecule has 0 aliphatic heterocycles. The van der Waals surface area contributed by atoms with Crippen molar-refractivity contribution in [2.45, 2.75) is 59.0 Å². The minimum atomic E-state index is -0.277.